The molecule has 0 bridgehead atoms. The number of carbonyl (C=O) groups excluding carboxylic acids is 1. The zero-order valence-electron chi connectivity index (χ0n) is 15.8. The Bertz CT molecular complexity index is 1120. The molecule has 0 aliphatic carbocycles. The molecule has 146 valence electrons. The van der Waals surface area contributed by atoms with Crippen molar-refractivity contribution in [1.82, 2.24) is 10.2 Å². The number of hydrogen-bond acceptors (Lipinski definition) is 7. The molecule has 2 aromatic carbocycles. The molecule has 5 rings (SSSR count). The molecular weight excluding hydrogens is 388 g/mol. The maximum atomic E-state index is 13.0. The highest BCUT2D eigenvalue weighted by Gasteiger charge is 2.33. The van der Waals surface area contributed by atoms with E-state index in [4.69, 9.17) is 9.47 Å². The van der Waals surface area contributed by atoms with Crippen molar-refractivity contribution in [2.24, 2.45) is 4.99 Å². The summed E-state index contributed by atoms with van der Waals surface area (Å²) in [5, 5.41) is 9.59. The van der Waals surface area contributed by atoms with Gasteiger partial charge in [-0.25, -0.2) is 4.99 Å². The Labute approximate surface area is 171 Å². The van der Waals surface area contributed by atoms with Crippen LogP contribution in [0.4, 0.5) is 10.8 Å². The maximum Gasteiger partial charge on any atom is 0.277 e. The van der Waals surface area contributed by atoms with Crippen molar-refractivity contribution in [3.8, 4) is 22.1 Å². The van der Waals surface area contributed by atoms with Gasteiger partial charge in [-0.15, -0.1) is 10.2 Å². The van der Waals surface area contributed by atoms with Crippen LogP contribution in [0.25, 0.3) is 10.6 Å². The molecule has 0 spiro atoms. The van der Waals surface area contributed by atoms with E-state index in [0.717, 1.165) is 35.4 Å². The first-order chi connectivity index (χ1) is 14.2. The second kappa shape index (κ2) is 7.29. The van der Waals surface area contributed by atoms with E-state index in [-0.39, 0.29) is 12.7 Å². The number of unbranched alkanes of at least 4 members (excludes halogenated alkanes) is 1. The molecule has 1 amide bonds. The lowest BCUT2D eigenvalue weighted by Gasteiger charge is -2.15. The number of rotatable bonds is 5. The van der Waals surface area contributed by atoms with Crippen LogP contribution in [0.5, 0.6) is 11.5 Å². The Balaban J connectivity index is 1.47. The topological polar surface area (TPSA) is 76.9 Å². The van der Waals surface area contributed by atoms with Gasteiger partial charge in [-0.1, -0.05) is 42.9 Å². The fraction of sp³-hybridized carbons (Fsp3) is 0.238. The smallest absolute Gasteiger partial charge is 0.277 e. The van der Waals surface area contributed by atoms with Gasteiger partial charge < -0.3 is 14.4 Å². The number of nitrogens with zero attached hydrogens (tertiary/aromatic N) is 4. The number of ether oxygens (including phenoxy) is 2. The van der Waals surface area contributed by atoms with Gasteiger partial charge in [0.2, 0.25) is 11.9 Å². The summed E-state index contributed by atoms with van der Waals surface area (Å²) in [5.41, 5.74) is 3.05. The van der Waals surface area contributed by atoms with Gasteiger partial charge in [-0.3, -0.25) is 4.79 Å². The van der Waals surface area contributed by atoms with E-state index >= 15 is 0 Å². The van der Waals surface area contributed by atoms with Crippen LogP contribution < -0.4 is 14.4 Å². The predicted molar refractivity (Wildman–Crippen MR) is 111 cm³/mol. The second-order valence-electron chi connectivity index (χ2n) is 6.75. The van der Waals surface area contributed by atoms with E-state index < -0.39 is 0 Å². The van der Waals surface area contributed by atoms with E-state index in [0.29, 0.717) is 28.1 Å². The van der Waals surface area contributed by atoms with E-state index in [1.807, 2.05) is 42.5 Å². The fourth-order valence-electron chi connectivity index (χ4n) is 3.41. The number of anilines is 1. The monoisotopic (exact) mass is 406 g/mol. The zero-order chi connectivity index (χ0) is 19.8. The zero-order valence-corrected chi connectivity index (χ0v) is 16.6. The number of hydrogen-bond donors (Lipinski definition) is 0. The van der Waals surface area contributed by atoms with Crippen LogP contribution in [0, 0.1) is 0 Å². The number of carbonyl (C=O) groups is 1. The molecule has 0 saturated carbocycles. The third-order valence-electron chi connectivity index (χ3n) is 4.87. The molecular formula is C21H18N4O3S. The normalized spacial score (nSPS) is 16.0. The quantitative estimate of drug-likeness (QED) is 0.635. The maximum absolute atomic E-state index is 13.0. The third kappa shape index (κ3) is 3.15. The molecule has 2 aliphatic rings. The summed E-state index contributed by atoms with van der Waals surface area (Å²) < 4.78 is 10.8. The highest BCUT2D eigenvalue weighted by molar-refractivity contribution is 7.18. The Kier molecular flexibility index (Phi) is 4.48. The Morgan fingerprint density at radius 1 is 1.14 bits per heavy atom. The predicted octanol–water partition coefficient (Wildman–Crippen LogP) is 4.20. The van der Waals surface area contributed by atoms with Gasteiger partial charge in [0.15, 0.2) is 11.5 Å². The molecule has 3 aromatic rings. The average molecular weight is 406 g/mol. The summed E-state index contributed by atoms with van der Waals surface area (Å²) in [6, 6.07) is 13.4. The number of aromatic nitrogens is 2. The summed E-state index contributed by atoms with van der Waals surface area (Å²) in [7, 11) is 0. The van der Waals surface area contributed by atoms with Gasteiger partial charge in [0.05, 0.1) is 5.69 Å². The number of fused-ring (bicyclic) bond motifs is 2. The lowest BCUT2D eigenvalue weighted by atomic mass is 10.1. The lowest BCUT2D eigenvalue weighted by molar-refractivity contribution is -0.112. The molecule has 2 aliphatic heterocycles. The summed E-state index contributed by atoms with van der Waals surface area (Å²) in [5.74, 6) is 1.33. The van der Waals surface area contributed by atoms with Crippen molar-refractivity contribution in [3.05, 3.63) is 48.0 Å². The van der Waals surface area contributed by atoms with E-state index in [1.54, 1.807) is 4.90 Å². The van der Waals surface area contributed by atoms with Crippen LogP contribution in [0.15, 0.2) is 47.5 Å². The Hall–Kier alpha value is -3.26. The fourth-order valence-corrected chi connectivity index (χ4v) is 4.13. The van der Waals surface area contributed by atoms with Crippen LogP contribution in [-0.4, -0.2) is 35.2 Å². The molecule has 0 unspecified atom stereocenters. The number of para-hydroxylation sites is 1. The molecule has 0 saturated heterocycles. The van der Waals surface area contributed by atoms with Crippen molar-refractivity contribution in [2.75, 3.05) is 18.2 Å². The largest absolute Gasteiger partial charge is 0.454 e. The first kappa shape index (κ1) is 17.8. The van der Waals surface area contributed by atoms with Crippen LogP contribution in [-0.2, 0) is 4.79 Å². The first-order valence-corrected chi connectivity index (χ1v) is 10.3. The molecule has 0 radical (unpaired) electrons. The third-order valence-corrected chi connectivity index (χ3v) is 5.74. The van der Waals surface area contributed by atoms with Gasteiger partial charge in [0.25, 0.3) is 5.91 Å². The van der Waals surface area contributed by atoms with E-state index in [1.165, 1.54) is 11.3 Å². The van der Waals surface area contributed by atoms with Crippen LogP contribution in [0.2, 0.25) is 0 Å². The van der Waals surface area contributed by atoms with Crippen molar-refractivity contribution in [2.45, 2.75) is 19.8 Å². The van der Waals surface area contributed by atoms with Crippen molar-refractivity contribution < 1.29 is 14.3 Å². The summed E-state index contributed by atoms with van der Waals surface area (Å²) in [6.07, 6.45) is 1.97. The van der Waals surface area contributed by atoms with Crippen LogP contribution in [0.3, 0.4) is 0 Å². The van der Waals surface area contributed by atoms with Crippen molar-refractivity contribution in [3.63, 3.8) is 0 Å². The van der Waals surface area contributed by atoms with Gasteiger partial charge in [0, 0.05) is 17.7 Å². The van der Waals surface area contributed by atoms with Gasteiger partial charge in [0.1, 0.15) is 10.7 Å². The summed E-state index contributed by atoms with van der Waals surface area (Å²) in [4.78, 5) is 19.4. The molecule has 8 heteroatoms. The standard InChI is InChI=1S/C21H18N4O3S/c1-2-3-10-25-15-7-5-4-6-14(15)18(20(25)26)22-21-24-23-19(29-21)13-8-9-16-17(11-13)28-12-27-16/h4-9,11H,2-3,10,12H2,1H3/b22-18+. The molecule has 1 aromatic heterocycles. The molecule has 29 heavy (non-hydrogen) atoms. The molecule has 0 atom stereocenters. The average Bonchev–Trinajstić information content (AvgIpc) is 3.46. The number of aliphatic imine (C=N–C) groups is 1. The Morgan fingerprint density at radius 2 is 2.00 bits per heavy atom. The van der Waals surface area contributed by atoms with Gasteiger partial charge in [-0.05, 0) is 30.7 Å². The van der Waals surface area contributed by atoms with Crippen molar-refractivity contribution in [1.29, 1.82) is 0 Å². The van der Waals surface area contributed by atoms with Crippen LogP contribution >= 0.6 is 11.3 Å². The van der Waals surface area contributed by atoms with Gasteiger partial charge in [-0.2, -0.15) is 0 Å². The minimum atomic E-state index is -0.0838. The minimum Gasteiger partial charge on any atom is -0.454 e. The SMILES string of the molecule is CCCCN1C(=O)/C(=N/c2nnc(-c3ccc4c(c3)OCO4)s2)c2ccccc21. The molecule has 3 heterocycles. The van der Waals surface area contributed by atoms with Crippen molar-refractivity contribution >= 4 is 33.8 Å². The summed E-state index contributed by atoms with van der Waals surface area (Å²) in [6.45, 7) is 3.02. The number of benzene rings is 2. The number of amides is 1. The van der Waals surface area contributed by atoms with E-state index in [9.17, 15) is 4.79 Å². The molecule has 7 nitrogen and oxygen atoms in total. The first-order valence-electron chi connectivity index (χ1n) is 9.48. The minimum absolute atomic E-state index is 0.0838. The highest BCUT2D eigenvalue weighted by atomic mass is 32.1. The lowest BCUT2D eigenvalue weighted by Crippen LogP contribution is -2.30. The van der Waals surface area contributed by atoms with Crippen LogP contribution in [0.1, 0.15) is 25.3 Å². The summed E-state index contributed by atoms with van der Waals surface area (Å²) >= 11 is 1.34. The highest BCUT2D eigenvalue weighted by Crippen LogP contribution is 2.38. The van der Waals surface area contributed by atoms with E-state index in [2.05, 4.69) is 22.1 Å². The van der Waals surface area contributed by atoms with Gasteiger partial charge >= 0.3 is 0 Å². The molecule has 0 fully saturated rings. The second-order valence-corrected chi connectivity index (χ2v) is 7.70. The molecule has 0 N–H and O–H groups in total. The Morgan fingerprint density at radius 3 is 2.90 bits per heavy atom.